The third-order valence-electron chi connectivity index (χ3n) is 9.38. The lowest BCUT2D eigenvalue weighted by molar-refractivity contribution is -0.135. The van der Waals surface area contributed by atoms with Gasteiger partial charge < -0.3 is 15.0 Å². The number of carbonyl (C=O) groups excluding carboxylic acids is 3. The maximum absolute atomic E-state index is 13.1. The highest BCUT2D eigenvalue weighted by atomic mass is 16.6. The lowest BCUT2D eigenvalue weighted by Gasteiger charge is -2.39. The van der Waals surface area contributed by atoms with Gasteiger partial charge in [0.25, 0.3) is 0 Å². The molecule has 0 spiro atoms. The second-order valence-corrected chi connectivity index (χ2v) is 13.8. The van der Waals surface area contributed by atoms with Crippen molar-refractivity contribution in [3.8, 4) is 0 Å². The summed E-state index contributed by atoms with van der Waals surface area (Å²) >= 11 is 0. The summed E-state index contributed by atoms with van der Waals surface area (Å²) in [6, 6.07) is 6.16. The van der Waals surface area contributed by atoms with Crippen molar-refractivity contribution >= 4 is 28.9 Å². The van der Waals surface area contributed by atoms with Gasteiger partial charge in [-0.1, -0.05) is 6.07 Å². The first-order valence-electron chi connectivity index (χ1n) is 15.8. The monoisotopic (exact) mass is 596 g/mol. The van der Waals surface area contributed by atoms with Gasteiger partial charge in [0, 0.05) is 38.6 Å². The summed E-state index contributed by atoms with van der Waals surface area (Å²) in [6.07, 6.45) is 6.76. The van der Waals surface area contributed by atoms with Gasteiger partial charge in [-0.05, 0) is 109 Å². The van der Waals surface area contributed by atoms with E-state index >= 15 is 0 Å². The quantitative estimate of drug-likeness (QED) is 0.471. The van der Waals surface area contributed by atoms with Gasteiger partial charge in [0.1, 0.15) is 11.6 Å². The third kappa shape index (κ3) is 7.49. The van der Waals surface area contributed by atoms with E-state index in [4.69, 9.17) is 4.74 Å². The fourth-order valence-corrected chi connectivity index (χ4v) is 7.03. The Balaban J connectivity index is 1.10. The number of piperidine rings is 2. The van der Waals surface area contributed by atoms with E-state index in [0.717, 1.165) is 81.3 Å². The lowest BCUT2D eigenvalue weighted by Crippen LogP contribution is -2.45. The molecule has 11 heteroatoms. The zero-order chi connectivity index (χ0) is 30.9. The molecule has 3 amide bonds. The Morgan fingerprint density at radius 1 is 1.02 bits per heavy atom. The van der Waals surface area contributed by atoms with E-state index in [1.165, 1.54) is 4.57 Å². The summed E-state index contributed by atoms with van der Waals surface area (Å²) in [6.45, 7) is 9.62. The van der Waals surface area contributed by atoms with Crippen molar-refractivity contribution in [1.82, 2.24) is 29.6 Å². The first-order chi connectivity index (χ1) is 20.4. The fourth-order valence-electron chi connectivity index (χ4n) is 7.03. The predicted octanol–water partition coefficient (Wildman–Crippen LogP) is 3.30. The van der Waals surface area contributed by atoms with Gasteiger partial charge in [-0.25, -0.2) is 9.59 Å². The van der Waals surface area contributed by atoms with Gasteiger partial charge in [0.05, 0.1) is 11.0 Å². The number of rotatable bonds is 7. The molecule has 1 aliphatic carbocycles. The first kappa shape index (κ1) is 31.3. The highest BCUT2D eigenvalue weighted by Gasteiger charge is 2.32. The minimum Gasteiger partial charge on any atom is -0.444 e. The summed E-state index contributed by atoms with van der Waals surface area (Å²) in [4.78, 5) is 54.3. The molecule has 236 valence electrons. The van der Waals surface area contributed by atoms with Crippen LogP contribution in [0.2, 0.25) is 0 Å². The van der Waals surface area contributed by atoms with Crippen LogP contribution in [0.3, 0.4) is 0 Å². The second kappa shape index (κ2) is 12.8. The molecular formula is C32H48N6O5. The normalized spacial score (nSPS) is 24.4. The number of hydrogen-bond donors (Lipinski definition) is 2. The number of fused-ring (bicyclic) bond motifs is 1. The smallest absolute Gasteiger partial charge is 0.407 e. The number of nitrogens with one attached hydrogen (secondary N) is 2. The van der Waals surface area contributed by atoms with Crippen LogP contribution in [-0.4, -0.2) is 81.2 Å². The Kier molecular flexibility index (Phi) is 9.31. The molecule has 0 bridgehead atoms. The van der Waals surface area contributed by atoms with E-state index in [1.54, 1.807) is 11.6 Å². The van der Waals surface area contributed by atoms with E-state index in [9.17, 15) is 19.2 Å². The van der Waals surface area contributed by atoms with Crippen LogP contribution in [0.4, 0.5) is 4.79 Å². The Morgan fingerprint density at radius 2 is 1.72 bits per heavy atom. The van der Waals surface area contributed by atoms with Crippen LogP contribution in [0, 0.1) is 5.92 Å². The predicted molar refractivity (Wildman–Crippen MR) is 165 cm³/mol. The summed E-state index contributed by atoms with van der Waals surface area (Å²) in [5, 5.41) is 5.41. The van der Waals surface area contributed by atoms with Gasteiger partial charge in [-0.2, -0.15) is 0 Å². The average molecular weight is 597 g/mol. The summed E-state index contributed by atoms with van der Waals surface area (Å²) < 4.78 is 8.55. The van der Waals surface area contributed by atoms with E-state index in [-0.39, 0.29) is 30.2 Å². The summed E-state index contributed by atoms with van der Waals surface area (Å²) in [5.41, 5.74) is 1.96. The molecule has 1 saturated carbocycles. The van der Waals surface area contributed by atoms with Crippen molar-refractivity contribution in [1.29, 1.82) is 0 Å². The standard InChI is InChI=1S/C32H48N6O5/c1-32(2,3)43-30(41)33-23-9-6-21(7-10-23)19-35(4)24-14-16-37(17-15-24)20-22-8-11-25-27(18-22)36(5)31(42)38(25)26-12-13-28(39)34-29(26)40/h8,11,18,21,23-24,26H,6-7,9-10,12-17,19-20H2,1-5H3,(H,33,41)(H,34,39,40). The Labute approximate surface area is 253 Å². The minimum absolute atomic E-state index is 0.206. The third-order valence-corrected chi connectivity index (χ3v) is 9.38. The van der Waals surface area contributed by atoms with Crippen molar-refractivity contribution < 1.29 is 19.1 Å². The average Bonchev–Trinajstić information content (AvgIpc) is 3.18. The summed E-state index contributed by atoms with van der Waals surface area (Å²) in [5.74, 6) is -0.0418. The lowest BCUT2D eigenvalue weighted by atomic mass is 9.85. The SMILES string of the molecule is CN(CC1CCC(NC(=O)OC(C)(C)C)CC1)C1CCN(Cc2ccc3c(c2)n(C)c(=O)n3C2CCC(=O)NC2=O)CC1. The van der Waals surface area contributed by atoms with Gasteiger partial charge in [0.2, 0.25) is 11.8 Å². The van der Waals surface area contributed by atoms with Gasteiger partial charge in [-0.15, -0.1) is 0 Å². The zero-order valence-corrected chi connectivity index (χ0v) is 26.4. The number of ether oxygens (including phenoxy) is 1. The Bertz CT molecular complexity index is 1390. The van der Waals surface area contributed by atoms with E-state index in [0.29, 0.717) is 18.4 Å². The molecule has 3 heterocycles. The largest absolute Gasteiger partial charge is 0.444 e. The van der Waals surface area contributed by atoms with Crippen LogP contribution in [0.5, 0.6) is 0 Å². The number of nitrogens with zero attached hydrogens (tertiary/aromatic N) is 4. The van der Waals surface area contributed by atoms with Crippen LogP contribution in [0.1, 0.15) is 83.7 Å². The topological polar surface area (TPSA) is 118 Å². The molecule has 5 rings (SSSR count). The molecule has 43 heavy (non-hydrogen) atoms. The number of alkyl carbamates (subject to hydrolysis) is 1. The highest BCUT2D eigenvalue weighted by molar-refractivity contribution is 6.00. The fraction of sp³-hybridized carbons (Fsp3) is 0.688. The molecule has 2 saturated heterocycles. The van der Waals surface area contributed by atoms with Gasteiger partial charge >= 0.3 is 11.8 Å². The number of imide groups is 1. The van der Waals surface area contributed by atoms with Crippen molar-refractivity contribution in [2.24, 2.45) is 13.0 Å². The maximum Gasteiger partial charge on any atom is 0.407 e. The zero-order valence-electron chi connectivity index (χ0n) is 26.4. The molecular weight excluding hydrogens is 548 g/mol. The van der Waals surface area contributed by atoms with Crippen molar-refractivity contribution in [2.45, 2.75) is 102 Å². The molecule has 0 radical (unpaired) electrons. The Hall–Kier alpha value is -3.18. The summed E-state index contributed by atoms with van der Waals surface area (Å²) in [7, 11) is 4.00. The van der Waals surface area contributed by atoms with Gasteiger partial charge in [-0.3, -0.25) is 28.9 Å². The molecule has 1 unspecified atom stereocenters. The first-order valence-corrected chi connectivity index (χ1v) is 15.8. The molecule has 3 aliphatic rings. The minimum atomic E-state index is -0.667. The Morgan fingerprint density at radius 3 is 2.37 bits per heavy atom. The molecule has 2 aliphatic heterocycles. The number of amides is 3. The molecule has 2 aromatic rings. The van der Waals surface area contributed by atoms with Gasteiger partial charge in [0.15, 0.2) is 0 Å². The van der Waals surface area contributed by atoms with E-state index in [1.807, 2.05) is 26.8 Å². The van der Waals surface area contributed by atoms with E-state index < -0.39 is 17.6 Å². The van der Waals surface area contributed by atoms with Crippen LogP contribution in [0.25, 0.3) is 11.0 Å². The van der Waals surface area contributed by atoms with Crippen molar-refractivity contribution in [3.63, 3.8) is 0 Å². The maximum atomic E-state index is 13.1. The number of hydrogen-bond acceptors (Lipinski definition) is 7. The van der Waals surface area contributed by atoms with Crippen LogP contribution in [0.15, 0.2) is 23.0 Å². The van der Waals surface area contributed by atoms with Crippen LogP contribution < -0.4 is 16.3 Å². The second-order valence-electron chi connectivity index (χ2n) is 13.8. The van der Waals surface area contributed by atoms with Crippen LogP contribution >= 0.6 is 0 Å². The number of carbonyl (C=O) groups is 3. The molecule has 2 N–H and O–H groups in total. The number of likely N-dealkylation sites (tertiary alicyclic amines) is 1. The van der Waals surface area contributed by atoms with Crippen molar-refractivity contribution in [3.05, 3.63) is 34.2 Å². The van der Waals surface area contributed by atoms with Crippen molar-refractivity contribution in [2.75, 3.05) is 26.7 Å². The highest BCUT2D eigenvalue weighted by Crippen LogP contribution is 2.28. The number of benzene rings is 1. The number of imidazole rings is 1. The molecule has 1 aromatic heterocycles. The van der Waals surface area contributed by atoms with E-state index in [2.05, 4.69) is 39.6 Å². The number of aryl methyl sites for hydroxylation is 1. The number of aromatic nitrogens is 2. The molecule has 1 aromatic carbocycles. The molecule has 11 nitrogen and oxygen atoms in total. The molecule has 3 fully saturated rings. The molecule has 1 atom stereocenters. The van der Waals surface area contributed by atoms with Crippen LogP contribution in [-0.2, 0) is 27.9 Å².